The summed E-state index contributed by atoms with van der Waals surface area (Å²) in [6.07, 6.45) is 2.65. The van der Waals surface area contributed by atoms with Crippen LogP contribution in [-0.4, -0.2) is 17.7 Å². The van der Waals surface area contributed by atoms with Gasteiger partial charge in [-0.2, -0.15) is 0 Å². The second kappa shape index (κ2) is 7.36. The molecule has 1 spiro atoms. The van der Waals surface area contributed by atoms with Crippen LogP contribution >= 0.6 is 23.2 Å². The Bertz CT molecular complexity index is 935. The van der Waals surface area contributed by atoms with Crippen molar-refractivity contribution in [1.29, 1.82) is 0 Å². The largest absolute Gasteiger partial charge is 0.331 e. The van der Waals surface area contributed by atoms with Crippen LogP contribution in [0.2, 0.25) is 10.0 Å². The zero-order valence-electron chi connectivity index (χ0n) is 16.1. The SMILES string of the molecule is O=C1NC(c2ccccc2Cl)C2CCCC3C(c4ccccc4Cl)NC(=O)NC23N1. The monoisotopic (exact) mass is 444 g/mol. The number of carbonyl (C=O) groups excluding carboxylic acids is 2. The second-order valence-corrected chi connectivity index (χ2v) is 9.02. The van der Waals surface area contributed by atoms with E-state index < -0.39 is 5.66 Å². The molecule has 2 aromatic rings. The van der Waals surface area contributed by atoms with Crippen LogP contribution in [0.4, 0.5) is 9.59 Å². The van der Waals surface area contributed by atoms with Crippen LogP contribution in [0.25, 0.3) is 0 Å². The fourth-order valence-corrected chi connectivity index (χ4v) is 6.03. The Morgan fingerprint density at radius 1 is 0.733 bits per heavy atom. The van der Waals surface area contributed by atoms with E-state index in [1.54, 1.807) is 0 Å². The van der Waals surface area contributed by atoms with Crippen LogP contribution in [0, 0.1) is 11.8 Å². The molecule has 2 aromatic carbocycles. The van der Waals surface area contributed by atoms with Gasteiger partial charge in [0.2, 0.25) is 0 Å². The van der Waals surface area contributed by atoms with E-state index in [1.165, 1.54) is 0 Å². The summed E-state index contributed by atoms with van der Waals surface area (Å²) in [5, 5.41) is 13.5. The van der Waals surface area contributed by atoms with Gasteiger partial charge in [0.25, 0.3) is 0 Å². The maximum absolute atomic E-state index is 12.8. The quantitative estimate of drug-likeness (QED) is 0.549. The number of benzene rings is 2. The summed E-state index contributed by atoms with van der Waals surface area (Å²) in [7, 11) is 0. The van der Waals surface area contributed by atoms with Gasteiger partial charge in [0.1, 0.15) is 5.66 Å². The van der Waals surface area contributed by atoms with Crippen molar-refractivity contribution in [2.24, 2.45) is 11.8 Å². The summed E-state index contributed by atoms with van der Waals surface area (Å²) < 4.78 is 0. The average molecular weight is 445 g/mol. The number of carbonyl (C=O) groups is 2. The van der Waals surface area contributed by atoms with Crippen molar-refractivity contribution in [3.63, 3.8) is 0 Å². The minimum Gasteiger partial charge on any atom is -0.331 e. The fraction of sp³-hybridized carbons (Fsp3) is 0.364. The van der Waals surface area contributed by atoms with Gasteiger partial charge in [0.15, 0.2) is 0 Å². The predicted octanol–water partition coefficient (Wildman–Crippen LogP) is 4.51. The van der Waals surface area contributed by atoms with Crippen LogP contribution in [0.3, 0.4) is 0 Å². The molecular weight excluding hydrogens is 423 g/mol. The van der Waals surface area contributed by atoms with Crippen molar-refractivity contribution < 1.29 is 9.59 Å². The molecule has 4 unspecified atom stereocenters. The smallest absolute Gasteiger partial charge is 0.317 e. The molecule has 0 radical (unpaired) electrons. The topological polar surface area (TPSA) is 82.3 Å². The van der Waals surface area contributed by atoms with Crippen molar-refractivity contribution in [2.45, 2.75) is 37.0 Å². The van der Waals surface area contributed by atoms with Gasteiger partial charge in [-0.25, -0.2) is 9.59 Å². The van der Waals surface area contributed by atoms with E-state index in [-0.39, 0.29) is 36.0 Å². The Balaban J connectivity index is 1.62. The van der Waals surface area contributed by atoms with E-state index >= 15 is 0 Å². The molecule has 156 valence electrons. The average Bonchev–Trinajstić information content (AvgIpc) is 2.72. The highest BCUT2D eigenvalue weighted by molar-refractivity contribution is 6.31. The molecule has 0 bridgehead atoms. The molecule has 1 aliphatic carbocycles. The first-order chi connectivity index (χ1) is 14.5. The highest BCUT2D eigenvalue weighted by Crippen LogP contribution is 2.51. The molecule has 1 saturated carbocycles. The summed E-state index contributed by atoms with van der Waals surface area (Å²) in [6, 6.07) is 13.8. The maximum Gasteiger partial charge on any atom is 0.317 e. The molecule has 8 heteroatoms. The predicted molar refractivity (Wildman–Crippen MR) is 115 cm³/mol. The molecule has 6 nitrogen and oxygen atoms in total. The lowest BCUT2D eigenvalue weighted by Crippen LogP contribution is -2.80. The van der Waals surface area contributed by atoms with Crippen LogP contribution in [0.1, 0.15) is 42.5 Å². The van der Waals surface area contributed by atoms with Gasteiger partial charge in [0, 0.05) is 21.9 Å². The lowest BCUT2D eigenvalue weighted by atomic mass is 9.62. The van der Waals surface area contributed by atoms with Crippen molar-refractivity contribution in [1.82, 2.24) is 21.3 Å². The lowest BCUT2D eigenvalue weighted by molar-refractivity contribution is -0.0123. The number of amides is 4. The van der Waals surface area contributed by atoms with E-state index in [2.05, 4.69) is 21.3 Å². The normalized spacial score (nSPS) is 32.6. The zero-order valence-corrected chi connectivity index (χ0v) is 17.6. The first-order valence-electron chi connectivity index (χ1n) is 10.2. The first kappa shape index (κ1) is 19.5. The van der Waals surface area contributed by atoms with E-state index in [4.69, 9.17) is 23.2 Å². The molecule has 4 N–H and O–H groups in total. The van der Waals surface area contributed by atoms with Crippen LogP contribution in [-0.2, 0) is 0 Å². The third-order valence-corrected chi connectivity index (χ3v) is 7.39. The summed E-state index contributed by atoms with van der Waals surface area (Å²) in [4.78, 5) is 25.6. The Morgan fingerprint density at radius 2 is 1.17 bits per heavy atom. The fourth-order valence-electron chi connectivity index (χ4n) is 5.52. The van der Waals surface area contributed by atoms with E-state index in [0.717, 1.165) is 30.4 Å². The number of hydrogen-bond donors (Lipinski definition) is 4. The van der Waals surface area contributed by atoms with Crippen LogP contribution < -0.4 is 21.3 Å². The molecule has 30 heavy (non-hydrogen) atoms. The van der Waals surface area contributed by atoms with Gasteiger partial charge in [-0.1, -0.05) is 66.0 Å². The number of hydrogen-bond acceptors (Lipinski definition) is 2. The molecule has 3 fully saturated rings. The minimum atomic E-state index is -0.892. The number of rotatable bonds is 2. The molecule has 2 saturated heterocycles. The number of halogens is 2. The molecule has 4 amide bonds. The van der Waals surface area contributed by atoms with E-state index in [9.17, 15) is 9.59 Å². The van der Waals surface area contributed by atoms with E-state index in [0.29, 0.717) is 10.0 Å². The van der Waals surface area contributed by atoms with Gasteiger partial charge in [-0.05, 0) is 36.1 Å². The first-order valence-corrected chi connectivity index (χ1v) is 10.9. The number of urea groups is 2. The van der Waals surface area contributed by atoms with Gasteiger partial charge in [-0.15, -0.1) is 0 Å². The Labute approximate surface area is 184 Å². The summed E-state index contributed by atoms with van der Waals surface area (Å²) >= 11 is 13.0. The van der Waals surface area contributed by atoms with Crippen molar-refractivity contribution in [3.8, 4) is 0 Å². The second-order valence-electron chi connectivity index (χ2n) is 8.21. The Morgan fingerprint density at radius 3 is 1.60 bits per heavy atom. The Hall–Kier alpha value is -2.44. The molecule has 0 aromatic heterocycles. The van der Waals surface area contributed by atoms with Crippen molar-refractivity contribution >= 4 is 35.3 Å². The molecule has 5 rings (SSSR count). The zero-order chi connectivity index (χ0) is 20.9. The third kappa shape index (κ3) is 3.01. The molecule has 2 heterocycles. The van der Waals surface area contributed by atoms with Gasteiger partial charge >= 0.3 is 12.1 Å². The highest BCUT2D eigenvalue weighted by atomic mass is 35.5. The summed E-state index contributed by atoms with van der Waals surface area (Å²) in [5.41, 5.74) is 0.832. The van der Waals surface area contributed by atoms with Gasteiger partial charge < -0.3 is 21.3 Å². The third-order valence-electron chi connectivity index (χ3n) is 6.70. The number of nitrogens with one attached hydrogen (secondary N) is 4. The molecule has 4 atom stereocenters. The van der Waals surface area contributed by atoms with Crippen molar-refractivity contribution in [2.75, 3.05) is 0 Å². The summed E-state index contributed by atoms with van der Waals surface area (Å²) in [5.74, 6) is -0.130. The highest BCUT2D eigenvalue weighted by Gasteiger charge is 2.60. The molecule has 2 aliphatic heterocycles. The molecule has 3 aliphatic rings. The van der Waals surface area contributed by atoms with Crippen LogP contribution in [0.15, 0.2) is 48.5 Å². The minimum absolute atomic E-state index is 0.0649. The van der Waals surface area contributed by atoms with E-state index in [1.807, 2.05) is 48.5 Å². The van der Waals surface area contributed by atoms with Gasteiger partial charge in [0.05, 0.1) is 12.1 Å². The lowest BCUT2D eigenvalue weighted by Gasteiger charge is -2.59. The summed E-state index contributed by atoms with van der Waals surface area (Å²) in [6.45, 7) is 0. The standard InChI is InChI=1S/C22H22Cl2N4O2/c23-16-10-3-1-6-12(16)18-14-8-5-9-15-19(13-7-2-4-11-17(13)24)26-21(30)28-22(14,15)27-20(29)25-18/h1-4,6-7,10-11,14-15,18-19H,5,8-9H2,(H2,25,27,29)(H2,26,28,30). The van der Waals surface area contributed by atoms with Crippen molar-refractivity contribution in [3.05, 3.63) is 69.7 Å². The maximum atomic E-state index is 12.8. The Kier molecular flexibility index (Phi) is 4.79. The van der Waals surface area contributed by atoms with Gasteiger partial charge in [-0.3, -0.25) is 0 Å². The van der Waals surface area contributed by atoms with Crippen LogP contribution in [0.5, 0.6) is 0 Å². The molecular formula is C22H22Cl2N4O2.